The second kappa shape index (κ2) is 9.43. The van der Waals surface area contributed by atoms with E-state index < -0.39 is 15.9 Å². The highest BCUT2D eigenvalue weighted by atomic mass is 35.5. The number of halogens is 3. The summed E-state index contributed by atoms with van der Waals surface area (Å²) >= 11 is 11.8. The Bertz CT molecular complexity index is 1000. The van der Waals surface area contributed by atoms with Gasteiger partial charge in [-0.05, 0) is 36.6 Å². The van der Waals surface area contributed by atoms with Crippen molar-refractivity contribution in [3.8, 4) is 0 Å². The molecule has 1 amide bonds. The van der Waals surface area contributed by atoms with Gasteiger partial charge in [0.05, 0.1) is 21.7 Å². The molecule has 1 saturated heterocycles. The van der Waals surface area contributed by atoms with Gasteiger partial charge in [-0.25, -0.2) is 17.1 Å². The fourth-order valence-electron chi connectivity index (χ4n) is 3.31. The number of benzene rings is 2. The Morgan fingerprint density at radius 2 is 1.93 bits per heavy atom. The molecule has 1 heterocycles. The van der Waals surface area contributed by atoms with Crippen molar-refractivity contribution in [1.82, 2.24) is 9.62 Å². The Balaban J connectivity index is 1.62. The van der Waals surface area contributed by atoms with Crippen molar-refractivity contribution in [2.75, 3.05) is 13.1 Å². The third-order valence-electron chi connectivity index (χ3n) is 4.89. The summed E-state index contributed by atoms with van der Waals surface area (Å²) in [5.74, 6) is -1.35. The van der Waals surface area contributed by atoms with Crippen LogP contribution in [0.15, 0.2) is 42.5 Å². The first kappa shape index (κ1) is 22.0. The molecule has 1 aliphatic rings. The maximum absolute atomic E-state index is 13.7. The quantitative estimate of drug-likeness (QED) is 0.711. The maximum Gasteiger partial charge on any atom is 0.224 e. The summed E-state index contributed by atoms with van der Waals surface area (Å²) in [7, 11) is -3.61. The van der Waals surface area contributed by atoms with Crippen molar-refractivity contribution >= 4 is 39.1 Å². The first-order chi connectivity index (χ1) is 13.8. The molecule has 0 spiro atoms. The monoisotopic (exact) mass is 458 g/mol. The number of piperidine rings is 1. The Morgan fingerprint density at radius 1 is 1.17 bits per heavy atom. The van der Waals surface area contributed by atoms with Crippen molar-refractivity contribution < 1.29 is 17.6 Å². The van der Waals surface area contributed by atoms with Gasteiger partial charge in [0.1, 0.15) is 5.82 Å². The fraction of sp³-hybridized carbons (Fsp3) is 0.350. The number of sulfonamides is 1. The van der Waals surface area contributed by atoms with E-state index in [1.54, 1.807) is 30.3 Å². The molecule has 0 saturated carbocycles. The van der Waals surface area contributed by atoms with Gasteiger partial charge in [0.15, 0.2) is 0 Å². The molecule has 1 aliphatic heterocycles. The number of amides is 1. The van der Waals surface area contributed by atoms with Crippen LogP contribution < -0.4 is 5.32 Å². The topological polar surface area (TPSA) is 66.5 Å². The summed E-state index contributed by atoms with van der Waals surface area (Å²) in [6.07, 6.45) is 1.17. The highest BCUT2D eigenvalue weighted by molar-refractivity contribution is 7.88. The third kappa shape index (κ3) is 5.69. The molecule has 29 heavy (non-hydrogen) atoms. The molecule has 156 valence electrons. The first-order valence-corrected chi connectivity index (χ1v) is 11.6. The minimum absolute atomic E-state index is 0.0675. The summed E-state index contributed by atoms with van der Waals surface area (Å²) in [6, 6.07) is 10.9. The predicted molar refractivity (Wildman–Crippen MR) is 112 cm³/mol. The van der Waals surface area contributed by atoms with Gasteiger partial charge in [-0.1, -0.05) is 47.5 Å². The molecule has 1 unspecified atom stereocenters. The van der Waals surface area contributed by atoms with Gasteiger partial charge in [0.25, 0.3) is 0 Å². The van der Waals surface area contributed by atoms with E-state index in [1.807, 2.05) is 0 Å². The second-order valence-electron chi connectivity index (χ2n) is 7.01. The van der Waals surface area contributed by atoms with Crippen LogP contribution in [0.5, 0.6) is 0 Å². The van der Waals surface area contributed by atoms with Gasteiger partial charge in [0.2, 0.25) is 15.9 Å². The molecule has 3 rings (SSSR count). The van der Waals surface area contributed by atoms with E-state index in [1.165, 1.54) is 16.4 Å². The zero-order valence-corrected chi connectivity index (χ0v) is 17.9. The lowest BCUT2D eigenvalue weighted by Crippen LogP contribution is -2.45. The van der Waals surface area contributed by atoms with Crippen LogP contribution in [0.3, 0.4) is 0 Å². The van der Waals surface area contributed by atoms with E-state index in [0.29, 0.717) is 40.6 Å². The first-order valence-electron chi connectivity index (χ1n) is 9.19. The summed E-state index contributed by atoms with van der Waals surface area (Å²) in [6.45, 7) is 0.533. The number of hydrogen-bond donors (Lipinski definition) is 1. The third-order valence-corrected chi connectivity index (χ3v) is 7.45. The van der Waals surface area contributed by atoms with Crippen molar-refractivity contribution in [3.63, 3.8) is 0 Å². The van der Waals surface area contributed by atoms with Crippen LogP contribution in [0.2, 0.25) is 10.0 Å². The normalized spacial score (nSPS) is 17.8. The maximum atomic E-state index is 13.7. The van der Waals surface area contributed by atoms with E-state index in [0.717, 1.165) is 0 Å². The molecular weight excluding hydrogens is 438 g/mol. The zero-order valence-electron chi connectivity index (χ0n) is 15.6. The molecule has 2 aromatic carbocycles. The Morgan fingerprint density at radius 3 is 2.66 bits per heavy atom. The number of nitrogens with one attached hydrogen (secondary N) is 1. The van der Waals surface area contributed by atoms with Gasteiger partial charge >= 0.3 is 0 Å². The molecule has 1 fully saturated rings. The summed E-state index contributed by atoms with van der Waals surface area (Å²) in [4.78, 5) is 12.5. The van der Waals surface area contributed by atoms with Crippen LogP contribution >= 0.6 is 23.2 Å². The molecule has 0 aliphatic carbocycles. The van der Waals surface area contributed by atoms with Crippen molar-refractivity contribution in [2.45, 2.75) is 25.1 Å². The highest BCUT2D eigenvalue weighted by Crippen LogP contribution is 2.26. The number of nitrogens with zero attached hydrogens (tertiary/aromatic N) is 1. The van der Waals surface area contributed by atoms with Gasteiger partial charge in [-0.2, -0.15) is 0 Å². The van der Waals surface area contributed by atoms with Crippen LogP contribution in [-0.4, -0.2) is 31.7 Å². The fourth-order valence-corrected chi connectivity index (χ4v) is 5.23. The SMILES string of the molecule is O=C(NCc1ccccc1F)C1CCCN(S(=O)(=O)Cc2ccc(Cl)c(Cl)c2)C1. The summed E-state index contributed by atoms with van der Waals surface area (Å²) in [5, 5.41) is 3.37. The highest BCUT2D eigenvalue weighted by Gasteiger charge is 2.32. The van der Waals surface area contributed by atoms with Gasteiger partial charge < -0.3 is 5.32 Å². The number of hydrogen-bond acceptors (Lipinski definition) is 3. The molecule has 2 aromatic rings. The second-order valence-corrected chi connectivity index (χ2v) is 9.79. The number of carbonyl (C=O) groups excluding carboxylic acids is 1. The van der Waals surface area contributed by atoms with Crippen LogP contribution in [0.1, 0.15) is 24.0 Å². The smallest absolute Gasteiger partial charge is 0.224 e. The van der Waals surface area contributed by atoms with E-state index in [2.05, 4.69) is 5.32 Å². The standard InChI is InChI=1S/C20H21Cl2FN2O3S/c21-17-8-7-14(10-18(17)22)13-29(27,28)25-9-3-5-16(12-25)20(26)24-11-15-4-1-2-6-19(15)23/h1-2,4,6-8,10,16H,3,5,9,11-13H2,(H,24,26). The van der Waals surface area contributed by atoms with Crippen LogP contribution in [0.25, 0.3) is 0 Å². The van der Waals surface area contributed by atoms with Crippen LogP contribution in [0, 0.1) is 11.7 Å². The van der Waals surface area contributed by atoms with Crippen LogP contribution in [-0.2, 0) is 27.1 Å². The lowest BCUT2D eigenvalue weighted by atomic mass is 9.98. The van der Waals surface area contributed by atoms with E-state index in [4.69, 9.17) is 23.2 Å². The van der Waals surface area contributed by atoms with E-state index >= 15 is 0 Å². The Kier molecular flexibility index (Phi) is 7.16. The average molecular weight is 459 g/mol. The molecule has 1 atom stereocenters. The molecule has 0 radical (unpaired) electrons. The zero-order chi connectivity index (χ0) is 21.0. The molecular formula is C20H21Cl2FN2O3S. The van der Waals surface area contributed by atoms with Crippen molar-refractivity contribution in [3.05, 3.63) is 69.5 Å². The van der Waals surface area contributed by atoms with E-state index in [-0.39, 0.29) is 30.6 Å². The number of carbonyl (C=O) groups is 1. The average Bonchev–Trinajstić information content (AvgIpc) is 2.70. The van der Waals surface area contributed by atoms with Gasteiger partial charge in [-0.3, -0.25) is 4.79 Å². The van der Waals surface area contributed by atoms with Crippen molar-refractivity contribution in [1.29, 1.82) is 0 Å². The Hall–Kier alpha value is -1.67. The lowest BCUT2D eigenvalue weighted by molar-refractivity contribution is -0.126. The largest absolute Gasteiger partial charge is 0.352 e. The minimum Gasteiger partial charge on any atom is -0.352 e. The van der Waals surface area contributed by atoms with Gasteiger partial charge in [0, 0.05) is 25.2 Å². The van der Waals surface area contributed by atoms with Crippen LogP contribution in [0.4, 0.5) is 4.39 Å². The van der Waals surface area contributed by atoms with E-state index in [9.17, 15) is 17.6 Å². The lowest BCUT2D eigenvalue weighted by Gasteiger charge is -2.31. The number of rotatable bonds is 6. The summed E-state index contributed by atoms with van der Waals surface area (Å²) < 4.78 is 40.7. The minimum atomic E-state index is -3.61. The van der Waals surface area contributed by atoms with Crippen molar-refractivity contribution in [2.24, 2.45) is 5.92 Å². The summed E-state index contributed by atoms with van der Waals surface area (Å²) in [5.41, 5.74) is 0.922. The predicted octanol–water partition coefficient (Wildman–Crippen LogP) is 3.99. The Labute approximate surface area is 179 Å². The molecule has 1 N–H and O–H groups in total. The molecule has 0 aromatic heterocycles. The molecule has 5 nitrogen and oxygen atoms in total. The molecule has 9 heteroatoms. The van der Waals surface area contributed by atoms with Gasteiger partial charge in [-0.15, -0.1) is 0 Å². The molecule has 0 bridgehead atoms.